The first-order valence-electron chi connectivity index (χ1n) is 8.63. The van der Waals surface area contributed by atoms with Crippen molar-refractivity contribution >= 4 is 17.6 Å². The summed E-state index contributed by atoms with van der Waals surface area (Å²) in [7, 11) is 0. The Balaban J connectivity index is 1.80. The van der Waals surface area contributed by atoms with E-state index in [1.54, 1.807) is 0 Å². The molecule has 8 heteroatoms. The first-order chi connectivity index (χ1) is 13.2. The normalized spacial score (nSPS) is 24.4. The van der Waals surface area contributed by atoms with E-state index in [0.717, 1.165) is 0 Å². The molecule has 0 N–H and O–H groups in total. The van der Waals surface area contributed by atoms with Crippen molar-refractivity contribution < 1.29 is 28.4 Å². The largest absolute Gasteiger partial charge is 0.422 e. The van der Waals surface area contributed by atoms with E-state index in [0.29, 0.717) is 11.1 Å². The molecule has 1 saturated heterocycles. The highest BCUT2D eigenvalue weighted by Gasteiger charge is 2.79. The Morgan fingerprint density at radius 2 is 1.32 bits per heavy atom. The molecule has 144 valence electrons. The minimum Gasteiger partial charge on any atom is -0.422 e. The summed E-state index contributed by atoms with van der Waals surface area (Å²) in [6, 6.07) is 11.2. The van der Waals surface area contributed by atoms with Crippen LogP contribution in [0.1, 0.15) is 36.8 Å². The second kappa shape index (κ2) is 5.85. The van der Waals surface area contributed by atoms with Crippen molar-refractivity contribution in [3.05, 3.63) is 75.6 Å². The molecule has 7 nitrogen and oxygen atoms in total. The number of carbonyl (C=O) groups is 2. The molecule has 2 aliphatic rings. The molecule has 0 radical (unpaired) electrons. The minimum atomic E-state index is -1.59. The van der Waals surface area contributed by atoms with Crippen LogP contribution in [0.25, 0.3) is 0 Å². The highest BCUT2D eigenvalue weighted by atomic mass is 19.1. The molecular weight excluding hydrogens is 369 g/mol. The van der Waals surface area contributed by atoms with Crippen molar-refractivity contribution in [3.63, 3.8) is 0 Å². The number of carbonyl (C=O) groups excluding carboxylic acids is 2. The number of nitrogens with zero attached hydrogens (tertiary/aromatic N) is 1. The smallest absolute Gasteiger partial charge is 0.328 e. The van der Waals surface area contributed by atoms with Gasteiger partial charge in [0.15, 0.2) is 5.41 Å². The van der Waals surface area contributed by atoms with E-state index in [4.69, 9.17) is 9.47 Å². The summed E-state index contributed by atoms with van der Waals surface area (Å²) in [6.45, 7) is 2.93. The number of halogens is 1. The predicted octanol–water partition coefficient (Wildman–Crippen LogP) is 3.44. The van der Waals surface area contributed by atoms with Crippen LogP contribution in [-0.2, 0) is 19.1 Å². The first-order valence-corrected chi connectivity index (χ1v) is 8.63. The lowest BCUT2D eigenvalue weighted by molar-refractivity contribution is -0.384. The monoisotopic (exact) mass is 385 g/mol. The lowest BCUT2D eigenvalue weighted by atomic mass is 9.96. The zero-order valence-electron chi connectivity index (χ0n) is 15.0. The molecule has 4 rings (SSSR count). The Morgan fingerprint density at radius 3 is 1.75 bits per heavy atom. The number of hydrogen-bond acceptors (Lipinski definition) is 6. The third-order valence-electron chi connectivity index (χ3n) is 5.25. The van der Waals surface area contributed by atoms with Crippen LogP contribution in [0.15, 0.2) is 48.5 Å². The van der Waals surface area contributed by atoms with Gasteiger partial charge in [-0.2, -0.15) is 0 Å². The number of nitro benzene ring substituents is 1. The summed E-state index contributed by atoms with van der Waals surface area (Å²) in [4.78, 5) is 36.2. The summed E-state index contributed by atoms with van der Waals surface area (Å²) in [5.41, 5.74) is -0.553. The molecule has 0 unspecified atom stereocenters. The minimum absolute atomic E-state index is 0.105. The van der Waals surface area contributed by atoms with Crippen molar-refractivity contribution in [1.29, 1.82) is 0 Å². The van der Waals surface area contributed by atoms with Crippen molar-refractivity contribution in [2.75, 3.05) is 0 Å². The predicted molar refractivity (Wildman–Crippen MR) is 93.7 cm³/mol. The highest BCUT2D eigenvalue weighted by molar-refractivity contribution is 6.08. The van der Waals surface area contributed by atoms with Gasteiger partial charge < -0.3 is 9.47 Å². The zero-order chi connectivity index (χ0) is 20.3. The van der Waals surface area contributed by atoms with Crippen LogP contribution in [0, 0.1) is 21.3 Å². The second-order valence-corrected chi connectivity index (χ2v) is 7.40. The summed E-state index contributed by atoms with van der Waals surface area (Å²) in [6.07, 6.45) is 0. The average molecular weight is 385 g/mol. The molecule has 0 amide bonds. The van der Waals surface area contributed by atoms with Crippen molar-refractivity contribution in [3.8, 4) is 0 Å². The van der Waals surface area contributed by atoms with Gasteiger partial charge in [-0.05, 0) is 23.3 Å². The van der Waals surface area contributed by atoms with Gasteiger partial charge in [-0.1, -0.05) is 24.3 Å². The molecule has 0 aromatic heterocycles. The molecule has 1 saturated carbocycles. The van der Waals surface area contributed by atoms with Crippen molar-refractivity contribution in [1.82, 2.24) is 0 Å². The molecule has 2 fully saturated rings. The number of hydrogen-bond donors (Lipinski definition) is 0. The van der Waals surface area contributed by atoms with E-state index in [1.165, 1.54) is 62.4 Å². The van der Waals surface area contributed by atoms with E-state index < -0.39 is 45.7 Å². The average Bonchev–Trinajstić information content (AvgIpc) is 3.31. The van der Waals surface area contributed by atoms with Gasteiger partial charge in [-0.15, -0.1) is 0 Å². The third kappa shape index (κ3) is 2.56. The summed E-state index contributed by atoms with van der Waals surface area (Å²) in [5.74, 6) is -4.51. The first kappa shape index (κ1) is 18.1. The Morgan fingerprint density at radius 1 is 0.893 bits per heavy atom. The van der Waals surface area contributed by atoms with Gasteiger partial charge in [0.25, 0.3) is 11.5 Å². The van der Waals surface area contributed by atoms with Crippen LogP contribution >= 0.6 is 0 Å². The molecule has 2 atom stereocenters. The molecule has 1 spiro atoms. The van der Waals surface area contributed by atoms with Gasteiger partial charge in [0.05, 0.1) is 4.92 Å². The number of non-ortho nitro benzene ring substituents is 1. The van der Waals surface area contributed by atoms with E-state index in [-0.39, 0.29) is 5.69 Å². The summed E-state index contributed by atoms with van der Waals surface area (Å²) in [5, 5.41) is 10.9. The van der Waals surface area contributed by atoms with E-state index >= 15 is 0 Å². The molecule has 1 aliphatic carbocycles. The molecule has 1 aliphatic heterocycles. The number of ether oxygens (including phenoxy) is 2. The number of esters is 2. The maximum absolute atomic E-state index is 13.4. The number of rotatable bonds is 3. The topological polar surface area (TPSA) is 95.7 Å². The number of cyclic esters (lactones) is 2. The van der Waals surface area contributed by atoms with Gasteiger partial charge in [0.1, 0.15) is 5.82 Å². The Bertz CT molecular complexity index is 963. The maximum atomic E-state index is 13.4. The Labute approximate surface area is 159 Å². The van der Waals surface area contributed by atoms with Gasteiger partial charge >= 0.3 is 11.9 Å². The van der Waals surface area contributed by atoms with Crippen LogP contribution in [0.2, 0.25) is 0 Å². The van der Waals surface area contributed by atoms with Gasteiger partial charge in [-0.3, -0.25) is 19.7 Å². The van der Waals surface area contributed by atoms with Gasteiger partial charge in [0, 0.05) is 37.8 Å². The van der Waals surface area contributed by atoms with Gasteiger partial charge in [-0.25, -0.2) is 4.39 Å². The maximum Gasteiger partial charge on any atom is 0.328 e. The summed E-state index contributed by atoms with van der Waals surface area (Å²) >= 11 is 0. The molecule has 1 heterocycles. The molecular formula is C20H16FNO6. The van der Waals surface area contributed by atoms with Crippen LogP contribution in [-0.4, -0.2) is 22.6 Å². The van der Waals surface area contributed by atoms with Crippen LogP contribution in [0.5, 0.6) is 0 Å². The van der Waals surface area contributed by atoms with E-state index in [9.17, 15) is 24.1 Å². The lowest BCUT2D eigenvalue weighted by Gasteiger charge is -2.34. The summed E-state index contributed by atoms with van der Waals surface area (Å²) < 4.78 is 24.0. The second-order valence-electron chi connectivity index (χ2n) is 7.40. The van der Waals surface area contributed by atoms with Gasteiger partial charge in [0.2, 0.25) is 0 Å². The van der Waals surface area contributed by atoms with E-state index in [1.807, 2.05) is 0 Å². The fourth-order valence-corrected chi connectivity index (χ4v) is 4.00. The zero-order valence-corrected chi connectivity index (χ0v) is 15.0. The van der Waals surface area contributed by atoms with E-state index in [2.05, 4.69) is 0 Å². The molecule has 2 aromatic rings. The Kier molecular flexibility index (Phi) is 3.78. The molecule has 28 heavy (non-hydrogen) atoms. The number of nitro groups is 1. The highest BCUT2D eigenvalue weighted by Crippen LogP contribution is 2.72. The standard InChI is InChI=1S/C20H16FNO6/c1-19(2)27-17(23)20(18(24)28-19)15(11-3-7-13(21)8-4-11)16(20)12-5-9-14(10-6-12)22(25)26/h3-10,15-16H,1-2H3/t15-,16-/m1/s1. The Hall–Kier alpha value is -3.29. The molecule has 0 bridgehead atoms. The SMILES string of the molecule is CC1(C)OC(=O)C2(C(=O)O1)[C@H](c1ccc(F)cc1)[C@H]2c1ccc([N+](=O)[O-])cc1. The van der Waals surface area contributed by atoms with Crippen molar-refractivity contribution in [2.24, 2.45) is 5.41 Å². The third-order valence-corrected chi connectivity index (χ3v) is 5.25. The van der Waals surface area contributed by atoms with Crippen LogP contribution in [0.3, 0.4) is 0 Å². The fourth-order valence-electron chi connectivity index (χ4n) is 4.00. The van der Waals surface area contributed by atoms with Crippen LogP contribution in [0.4, 0.5) is 10.1 Å². The van der Waals surface area contributed by atoms with Crippen LogP contribution < -0.4 is 0 Å². The fraction of sp³-hybridized carbons (Fsp3) is 0.300. The lowest BCUT2D eigenvalue weighted by Crippen LogP contribution is -2.48. The van der Waals surface area contributed by atoms with Crippen molar-refractivity contribution in [2.45, 2.75) is 31.5 Å². The quantitative estimate of drug-likeness (QED) is 0.348. The molecule has 2 aromatic carbocycles. The number of benzene rings is 2.